The predicted octanol–water partition coefficient (Wildman–Crippen LogP) is 1.82. The summed E-state index contributed by atoms with van der Waals surface area (Å²) in [5.74, 6) is -2.64. The smallest absolute Gasteiger partial charge is 0.273 e. The Labute approximate surface area is 53.0 Å². The lowest BCUT2D eigenvalue weighted by molar-refractivity contribution is -0.00707. The van der Waals surface area contributed by atoms with E-state index in [1.54, 1.807) is 0 Å². The average molecular weight is 136 g/mol. The molecule has 54 valence electrons. The Morgan fingerprint density at radius 1 is 1.56 bits per heavy atom. The van der Waals surface area contributed by atoms with Gasteiger partial charge in [0, 0.05) is 6.92 Å². The fraction of sp³-hybridized carbons (Fsp3) is 1.00. The zero-order valence-corrected chi connectivity index (χ0v) is 5.53. The number of alkyl halides is 2. The highest BCUT2D eigenvalue weighted by Gasteiger charge is 2.52. The van der Waals surface area contributed by atoms with Crippen molar-refractivity contribution in [3.8, 4) is 0 Å². The molecule has 2 atom stereocenters. The molecular weight excluding hydrogens is 126 g/mol. The molecule has 1 rings (SSSR count). The summed E-state index contributed by atoms with van der Waals surface area (Å²) in [6.45, 7) is 2.74. The van der Waals surface area contributed by atoms with Crippen molar-refractivity contribution in [3.05, 3.63) is 0 Å². The Kier molecular flexibility index (Phi) is 1.47. The second kappa shape index (κ2) is 1.90. The largest absolute Gasteiger partial charge is 0.363 e. The molecule has 1 heterocycles. The molecule has 1 aliphatic rings. The van der Waals surface area contributed by atoms with Gasteiger partial charge in [0.05, 0.1) is 6.10 Å². The van der Waals surface area contributed by atoms with Crippen molar-refractivity contribution in [2.45, 2.75) is 38.4 Å². The van der Waals surface area contributed by atoms with Crippen LogP contribution in [0.3, 0.4) is 0 Å². The van der Waals surface area contributed by atoms with Gasteiger partial charge in [-0.15, -0.1) is 0 Å². The molecule has 1 fully saturated rings. The van der Waals surface area contributed by atoms with Crippen LogP contribution in [0.5, 0.6) is 0 Å². The van der Waals surface area contributed by atoms with Crippen LogP contribution in [0.25, 0.3) is 0 Å². The number of halogens is 2. The molecule has 0 amide bonds. The van der Waals surface area contributed by atoms with Gasteiger partial charge in [0.1, 0.15) is 6.10 Å². The molecular formula is C6H10F2O. The summed E-state index contributed by atoms with van der Waals surface area (Å²) in [5.41, 5.74) is 0. The fourth-order valence-electron chi connectivity index (χ4n) is 0.899. The van der Waals surface area contributed by atoms with Crippen molar-refractivity contribution >= 4 is 0 Å². The topological polar surface area (TPSA) is 12.5 Å². The fourth-order valence-corrected chi connectivity index (χ4v) is 0.899. The van der Waals surface area contributed by atoms with Gasteiger partial charge in [-0.25, -0.2) is 8.78 Å². The summed E-state index contributed by atoms with van der Waals surface area (Å²) >= 11 is 0. The van der Waals surface area contributed by atoms with E-state index >= 15 is 0 Å². The predicted molar refractivity (Wildman–Crippen MR) is 29.6 cm³/mol. The molecule has 9 heavy (non-hydrogen) atoms. The van der Waals surface area contributed by atoms with Gasteiger partial charge in [-0.2, -0.15) is 0 Å². The van der Waals surface area contributed by atoms with Crippen LogP contribution in [-0.4, -0.2) is 18.1 Å². The van der Waals surface area contributed by atoms with Crippen LogP contribution in [0.2, 0.25) is 0 Å². The van der Waals surface area contributed by atoms with Gasteiger partial charge in [-0.1, -0.05) is 6.92 Å². The highest BCUT2D eigenvalue weighted by atomic mass is 19.3. The number of hydrogen-bond acceptors (Lipinski definition) is 1. The monoisotopic (exact) mass is 136 g/mol. The third kappa shape index (κ3) is 1.39. The number of hydrogen-bond donors (Lipinski definition) is 0. The lowest BCUT2D eigenvalue weighted by Crippen LogP contribution is -2.20. The molecule has 1 nitrogen and oxygen atoms in total. The van der Waals surface area contributed by atoms with E-state index in [2.05, 4.69) is 4.74 Å². The van der Waals surface area contributed by atoms with Crippen LogP contribution in [0.15, 0.2) is 0 Å². The molecule has 2 unspecified atom stereocenters. The normalized spacial score (nSPS) is 34.7. The first-order valence-electron chi connectivity index (χ1n) is 3.09. The molecule has 3 heteroatoms. The van der Waals surface area contributed by atoms with Crippen molar-refractivity contribution in [2.24, 2.45) is 0 Å². The molecule has 0 aromatic heterocycles. The highest BCUT2D eigenvalue weighted by Crippen LogP contribution is 2.37. The summed E-state index contributed by atoms with van der Waals surface area (Å²) in [6.07, 6.45) is -0.304. The van der Waals surface area contributed by atoms with Gasteiger partial charge in [0.25, 0.3) is 5.92 Å². The maximum atomic E-state index is 12.2. The first-order valence-corrected chi connectivity index (χ1v) is 3.09. The molecule has 1 aliphatic heterocycles. The second-order valence-corrected chi connectivity index (χ2v) is 2.46. The van der Waals surface area contributed by atoms with Crippen LogP contribution < -0.4 is 0 Å². The van der Waals surface area contributed by atoms with Crippen molar-refractivity contribution in [1.29, 1.82) is 0 Å². The average Bonchev–Trinajstić information content (AvgIpc) is 2.39. The summed E-state index contributed by atoms with van der Waals surface area (Å²) in [6, 6.07) is 0. The van der Waals surface area contributed by atoms with Gasteiger partial charge in [-0.05, 0) is 6.42 Å². The Morgan fingerprint density at radius 3 is 2.22 bits per heavy atom. The molecule has 0 bridgehead atoms. The molecule has 0 aromatic rings. The minimum atomic E-state index is -2.64. The van der Waals surface area contributed by atoms with Crippen LogP contribution in [0.1, 0.15) is 20.3 Å². The Bertz CT molecular complexity index is 108. The molecule has 1 saturated heterocycles. The first-order chi connectivity index (χ1) is 4.05. The van der Waals surface area contributed by atoms with E-state index in [0.717, 1.165) is 6.92 Å². The molecule has 0 saturated carbocycles. The van der Waals surface area contributed by atoms with E-state index in [1.807, 2.05) is 6.92 Å². The minimum Gasteiger partial charge on any atom is -0.363 e. The minimum absolute atomic E-state index is 0.190. The van der Waals surface area contributed by atoms with Crippen molar-refractivity contribution in [2.75, 3.05) is 0 Å². The Morgan fingerprint density at radius 2 is 2.11 bits per heavy atom. The Hall–Kier alpha value is -0.180. The van der Waals surface area contributed by atoms with Crippen LogP contribution in [0, 0.1) is 0 Å². The van der Waals surface area contributed by atoms with Crippen LogP contribution in [-0.2, 0) is 4.74 Å². The third-order valence-corrected chi connectivity index (χ3v) is 1.48. The molecule has 0 aliphatic carbocycles. The van der Waals surface area contributed by atoms with Crippen molar-refractivity contribution < 1.29 is 13.5 Å². The Balaban J connectivity index is 2.33. The lowest BCUT2D eigenvalue weighted by atomic mass is 10.2. The lowest BCUT2D eigenvalue weighted by Gasteiger charge is -2.03. The van der Waals surface area contributed by atoms with Gasteiger partial charge >= 0.3 is 0 Å². The van der Waals surface area contributed by atoms with E-state index in [1.165, 1.54) is 0 Å². The maximum absolute atomic E-state index is 12.2. The maximum Gasteiger partial charge on any atom is 0.273 e. The summed E-state index contributed by atoms with van der Waals surface area (Å²) in [7, 11) is 0. The number of ether oxygens (including phenoxy) is 1. The molecule has 0 aromatic carbocycles. The molecule has 0 N–H and O–H groups in total. The number of epoxide rings is 1. The van der Waals surface area contributed by atoms with E-state index < -0.39 is 12.0 Å². The first kappa shape index (κ1) is 6.93. The quantitative estimate of drug-likeness (QED) is 0.527. The molecule has 0 spiro atoms. The van der Waals surface area contributed by atoms with Gasteiger partial charge in [0.15, 0.2) is 0 Å². The summed E-state index contributed by atoms with van der Waals surface area (Å²) < 4.78 is 29.1. The van der Waals surface area contributed by atoms with Gasteiger partial charge < -0.3 is 4.74 Å². The molecule has 0 radical (unpaired) electrons. The highest BCUT2D eigenvalue weighted by molar-refractivity contribution is 4.92. The van der Waals surface area contributed by atoms with Gasteiger partial charge in [-0.3, -0.25) is 0 Å². The van der Waals surface area contributed by atoms with E-state index in [4.69, 9.17) is 0 Å². The van der Waals surface area contributed by atoms with E-state index in [-0.39, 0.29) is 6.10 Å². The van der Waals surface area contributed by atoms with Gasteiger partial charge in [0.2, 0.25) is 0 Å². The van der Waals surface area contributed by atoms with E-state index in [0.29, 0.717) is 6.42 Å². The van der Waals surface area contributed by atoms with Crippen LogP contribution in [0.4, 0.5) is 8.78 Å². The third-order valence-electron chi connectivity index (χ3n) is 1.48. The SMILES string of the molecule is CCC1OC1C(C)(F)F. The summed E-state index contributed by atoms with van der Waals surface area (Å²) in [5, 5.41) is 0. The summed E-state index contributed by atoms with van der Waals surface area (Å²) in [4.78, 5) is 0. The zero-order chi connectivity index (χ0) is 7.07. The van der Waals surface area contributed by atoms with Crippen molar-refractivity contribution in [1.82, 2.24) is 0 Å². The van der Waals surface area contributed by atoms with Crippen molar-refractivity contribution in [3.63, 3.8) is 0 Å². The number of rotatable bonds is 2. The second-order valence-electron chi connectivity index (χ2n) is 2.46. The van der Waals surface area contributed by atoms with Crippen LogP contribution >= 0.6 is 0 Å². The standard InChI is InChI=1S/C6H10F2O/c1-3-4-5(9-4)6(2,7)8/h4-5H,3H2,1-2H3. The zero-order valence-electron chi connectivity index (χ0n) is 5.53. The van der Waals surface area contributed by atoms with E-state index in [9.17, 15) is 8.78 Å².